The molecule has 0 bridgehead atoms. The Morgan fingerprint density at radius 2 is 2.24 bits per heavy atom. The second-order valence-corrected chi connectivity index (χ2v) is 4.13. The summed E-state index contributed by atoms with van der Waals surface area (Å²) in [5.74, 6) is 0.330. The van der Waals surface area contributed by atoms with Gasteiger partial charge in [-0.25, -0.2) is 0 Å². The smallest absolute Gasteiger partial charge is 0.251 e. The average Bonchev–Trinajstić information content (AvgIpc) is 2.39. The largest absolute Gasteiger partial charge is 0.472 e. The molecule has 17 heavy (non-hydrogen) atoms. The standard InChI is InChI=1S/C12H15N3O2/c1-16-10-3-2-4-11(7-10)17-12-9(8-13)5-6-14-15-12/h5-6,10-11H,2-4,7H2,1H3. The molecule has 2 unspecified atom stereocenters. The van der Waals surface area contributed by atoms with Crippen molar-refractivity contribution in [3.8, 4) is 11.9 Å². The Balaban J connectivity index is 2.03. The highest BCUT2D eigenvalue weighted by atomic mass is 16.5. The first-order chi connectivity index (χ1) is 8.33. The molecule has 1 fully saturated rings. The van der Waals surface area contributed by atoms with Crippen LogP contribution in [0, 0.1) is 11.3 Å². The molecule has 1 aromatic heterocycles. The first kappa shape index (κ1) is 11.8. The molecule has 1 saturated carbocycles. The molecule has 0 amide bonds. The minimum atomic E-state index is 0.0671. The van der Waals surface area contributed by atoms with Crippen LogP contribution in [0.3, 0.4) is 0 Å². The van der Waals surface area contributed by atoms with Crippen LogP contribution in [0.5, 0.6) is 5.88 Å². The van der Waals surface area contributed by atoms with Gasteiger partial charge in [0, 0.05) is 13.5 Å². The van der Waals surface area contributed by atoms with Crippen molar-refractivity contribution in [1.82, 2.24) is 10.2 Å². The molecule has 90 valence electrons. The lowest BCUT2D eigenvalue weighted by Crippen LogP contribution is -2.30. The molecular weight excluding hydrogens is 218 g/mol. The van der Waals surface area contributed by atoms with E-state index in [1.165, 1.54) is 6.20 Å². The van der Waals surface area contributed by atoms with Gasteiger partial charge in [-0.2, -0.15) is 10.4 Å². The summed E-state index contributed by atoms with van der Waals surface area (Å²) in [5, 5.41) is 16.5. The normalized spacial score (nSPS) is 24.0. The molecule has 5 heteroatoms. The zero-order valence-electron chi connectivity index (χ0n) is 9.80. The Labute approximate surface area is 100 Å². The monoisotopic (exact) mass is 233 g/mol. The van der Waals surface area contributed by atoms with Gasteiger partial charge in [0.15, 0.2) is 0 Å². The lowest BCUT2D eigenvalue weighted by atomic mass is 9.95. The van der Waals surface area contributed by atoms with Crippen LogP contribution in [0.1, 0.15) is 31.2 Å². The third kappa shape index (κ3) is 2.92. The number of methoxy groups -OCH3 is 1. The Hall–Kier alpha value is -1.67. The Bertz CT molecular complexity index is 416. The van der Waals surface area contributed by atoms with E-state index in [9.17, 15) is 0 Å². The summed E-state index contributed by atoms with van der Waals surface area (Å²) < 4.78 is 11.1. The molecule has 0 aromatic carbocycles. The van der Waals surface area contributed by atoms with Crippen LogP contribution in [-0.2, 0) is 4.74 Å². The van der Waals surface area contributed by atoms with Crippen LogP contribution in [0.15, 0.2) is 12.3 Å². The highest BCUT2D eigenvalue weighted by molar-refractivity contribution is 5.35. The Morgan fingerprint density at radius 1 is 1.41 bits per heavy atom. The number of nitrogens with zero attached hydrogens (tertiary/aromatic N) is 3. The van der Waals surface area contributed by atoms with Gasteiger partial charge in [-0.15, -0.1) is 5.10 Å². The highest BCUT2D eigenvalue weighted by Crippen LogP contribution is 2.25. The third-order valence-electron chi connectivity index (χ3n) is 3.00. The van der Waals surface area contributed by atoms with Crippen molar-refractivity contribution in [2.24, 2.45) is 0 Å². The summed E-state index contributed by atoms with van der Waals surface area (Å²) in [6.45, 7) is 0. The van der Waals surface area contributed by atoms with Gasteiger partial charge >= 0.3 is 0 Å². The van der Waals surface area contributed by atoms with Gasteiger partial charge < -0.3 is 9.47 Å². The average molecular weight is 233 g/mol. The Morgan fingerprint density at radius 3 is 3.00 bits per heavy atom. The number of hydrogen-bond acceptors (Lipinski definition) is 5. The van der Waals surface area contributed by atoms with Crippen molar-refractivity contribution >= 4 is 0 Å². The fourth-order valence-corrected chi connectivity index (χ4v) is 2.07. The summed E-state index contributed by atoms with van der Waals surface area (Å²) in [4.78, 5) is 0. The fourth-order valence-electron chi connectivity index (χ4n) is 2.07. The fraction of sp³-hybridized carbons (Fsp3) is 0.583. The molecular formula is C12H15N3O2. The maximum atomic E-state index is 8.92. The topological polar surface area (TPSA) is 68.0 Å². The SMILES string of the molecule is COC1CCCC(Oc2nnccc2C#N)C1. The molecule has 1 aliphatic carbocycles. The summed E-state index contributed by atoms with van der Waals surface area (Å²) in [6, 6.07) is 3.66. The minimum absolute atomic E-state index is 0.0671. The molecule has 0 saturated heterocycles. The van der Waals surface area contributed by atoms with E-state index in [1.807, 2.05) is 0 Å². The van der Waals surface area contributed by atoms with Gasteiger partial charge in [0.1, 0.15) is 17.7 Å². The predicted molar refractivity (Wildman–Crippen MR) is 60.4 cm³/mol. The van der Waals surface area contributed by atoms with Crippen molar-refractivity contribution < 1.29 is 9.47 Å². The lowest BCUT2D eigenvalue weighted by Gasteiger charge is -2.28. The van der Waals surface area contributed by atoms with E-state index >= 15 is 0 Å². The number of hydrogen-bond donors (Lipinski definition) is 0. The molecule has 0 radical (unpaired) electrons. The molecule has 5 nitrogen and oxygen atoms in total. The van der Waals surface area contributed by atoms with Crippen LogP contribution in [0.2, 0.25) is 0 Å². The molecule has 1 aliphatic rings. The number of rotatable bonds is 3. The van der Waals surface area contributed by atoms with Crippen LogP contribution >= 0.6 is 0 Å². The third-order valence-corrected chi connectivity index (χ3v) is 3.00. The zero-order valence-corrected chi connectivity index (χ0v) is 9.80. The lowest BCUT2D eigenvalue weighted by molar-refractivity contribution is 0.0191. The van der Waals surface area contributed by atoms with E-state index < -0.39 is 0 Å². The maximum Gasteiger partial charge on any atom is 0.251 e. The van der Waals surface area contributed by atoms with E-state index in [-0.39, 0.29) is 12.2 Å². The van der Waals surface area contributed by atoms with Crippen molar-refractivity contribution in [3.05, 3.63) is 17.8 Å². The number of nitriles is 1. The molecule has 1 heterocycles. The highest BCUT2D eigenvalue weighted by Gasteiger charge is 2.24. The van der Waals surface area contributed by atoms with Crippen LogP contribution in [-0.4, -0.2) is 29.5 Å². The van der Waals surface area contributed by atoms with Crippen LogP contribution in [0.25, 0.3) is 0 Å². The van der Waals surface area contributed by atoms with Gasteiger partial charge in [0.25, 0.3) is 5.88 Å². The summed E-state index contributed by atoms with van der Waals surface area (Å²) in [6.07, 6.45) is 5.77. The quantitative estimate of drug-likeness (QED) is 0.794. The molecule has 2 rings (SSSR count). The van der Waals surface area contributed by atoms with Crippen molar-refractivity contribution in [2.75, 3.05) is 7.11 Å². The Kier molecular flexibility index (Phi) is 3.89. The van der Waals surface area contributed by atoms with Gasteiger partial charge in [-0.1, -0.05) is 0 Å². The number of aromatic nitrogens is 2. The van der Waals surface area contributed by atoms with E-state index in [1.54, 1.807) is 13.2 Å². The molecule has 0 N–H and O–H groups in total. The van der Waals surface area contributed by atoms with E-state index in [0.29, 0.717) is 11.4 Å². The summed E-state index contributed by atoms with van der Waals surface area (Å²) in [7, 11) is 1.72. The van der Waals surface area contributed by atoms with Gasteiger partial charge in [-0.3, -0.25) is 0 Å². The molecule has 0 spiro atoms. The minimum Gasteiger partial charge on any atom is -0.472 e. The summed E-state index contributed by atoms with van der Waals surface area (Å²) >= 11 is 0. The second kappa shape index (κ2) is 5.60. The van der Waals surface area contributed by atoms with Crippen LogP contribution in [0.4, 0.5) is 0 Å². The summed E-state index contributed by atoms with van der Waals surface area (Å²) in [5.41, 5.74) is 0.430. The van der Waals surface area contributed by atoms with E-state index in [0.717, 1.165) is 25.7 Å². The zero-order chi connectivity index (χ0) is 12.1. The van der Waals surface area contributed by atoms with Gasteiger partial charge in [0.2, 0.25) is 0 Å². The number of ether oxygens (including phenoxy) is 2. The maximum absolute atomic E-state index is 8.92. The molecule has 1 aromatic rings. The predicted octanol–water partition coefficient (Wildman–Crippen LogP) is 1.68. The molecule has 2 atom stereocenters. The van der Waals surface area contributed by atoms with Gasteiger partial charge in [0.05, 0.1) is 12.3 Å². The molecule has 0 aliphatic heterocycles. The van der Waals surface area contributed by atoms with Crippen molar-refractivity contribution in [3.63, 3.8) is 0 Å². The van der Waals surface area contributed by atoms with Crippen molar-refractivity contribution in [2.45, 2.75) is 37.9 Å². The van der Waals surface area contributed by atoms with Gasteiger partial charge in [-0.05, 0) is 25.3 Å². The van der Waals surface area contributed by atoms with Crippen LogP contribution < -0.4 is 4.74 Å². The van der Waals surface area contributed by atoms with E-state index in [2.05, 4.69) is 16.3 Å². The first-order valence-electron chi connectivity index (χ1n) is 5.74. The van der Waals surface area contributed by atoms with Crippen molar-refractivity contribution in [1.29, 1.82) is 5.26 Å². The van der Waals surface area contributed by atoms with E-state index in [4.69, 9.17) is 14.7 Å². The second-order valence-electron chi connectivity index (χ2n) is 4.13. The first-order valence-corrected chi connectivity index (χ1v) is 5.74.